The van der Waals surface area contributed by atoms with Gasteiger partial charge in [-0.15, -0.1) is 0 Å². The Kier molecular flexibility index (Phi) is 7.91. The van der Waals surface area contributed by atoms with Crippen molar-refractivity contribution in [1.29, 1.82) is 5.26 Å². The van der Waals surface area contributed by atoms with Crippen LogP contribution in [0.15, 0.2) is 59.5 Å². The summed E-state index contributed by atoms with van der Waals surface area (Å²) in [6.45, 7) is 3.27. The Balaban J connectivity index is 1.50. The molecule has 0 fully saturated rings. The lowest BCUT2D eigenvalue weighted by molar-refractivity contribution is 0.106. The summed E-state index contributed by atoms with van der Waals surface area (Å²) in [5.74, 6) is 0.972. The number of nitriles is 1. The Hall–Kier alpha value is -3.74. The third-order valence-electron chi connectivity index (χ3n) is 4.71. The van der Waals surface area contributed by atoms with Crippen LogP contribution in [-0.2, 0) is 6.54 Å². The zero-order valence-electron chi connectivity index (χ0n) is 17.8. The van der Waals surface area contributed by atoms with Gasteiger partial charge in [-0.2, -0.15) is 5.26 Å². The number of hydrogen-bond donors (Lipinski definition) is 3. The van der Waals surface area contributed by atoms with Crippen molar-refractivity contribution in [3.05, 3.63) is 70.8 Å². The molecule has 0 aliphatic carbocycles. The highest BCUT2D eigenvalue weighted by Crippen LogP contribution is 2.17. The van der Waals surface area contributed by atoms with Gasteiger partial charge in [-0.25, -0.2) is 4.79 Å². The van der Waals surface area contributed by atoms with Gasteiger partial charge in [0.2, 0.25) is 5.88 Å². The number of hydrogen-bond acceptors (Lipinski definition) is 7. The predicted octanol–water partition coefficient (Wildman–Crippen LogP) is 1.64. The van der Waals surface area contributed by atoms with Crippen LogP contribution in [-0.4, -0.2) is 51.8 Å². The highest BCUT2D eigenvalue weighted by atomic mass is 16.5. The van der Waals surface area contributed by atoms with Gasteiger partial charge >= 0.3 is 5.69 Å². The van der Waals surface area contributed by atoms with Crippen molar-refractivity contribution in [2.24, 2.45) is 0 Å². The molecule has 9 heteroatoms. The molecule has 0 saturated carbocycles. The van der Waals surface area contributed by atoms with Crippen LogP contribution in [0.1, 0.15) is 12.5 Å². The Morgan fingerprint density at radius 1 is 1.16 bits per heavy atom. The molecule has 1 aromatic heterocycles. The van der Waals surface area contributed by atoms with E-state index in [-0.39, 0.29) is 31.3 Å². The Labute approximate surface area is 185 Å². The van der Waals surface area contributed by atoms with Gasteiger partial charge in [-0.1, -0.05) is 12.1 Å². The van der Waals surface area contributed by atoms with Crippen molar-refractivity contribution in [1.82, 2.24) is 14.5 Å². The topological polar surface area (TPSA) is 122 Å². The maximum atomic E-state index is 12.7. The first kappa shape index (κ1) is 22.9. The fourth-order valence-electron chi connectivity index (χ4n) is 3.12. The number of nitrogens with zero attached hydrogens (tertiary/aromatic N) is 3. The minimum absolute atomic E-state index is 0.0189. The van der Waals surface area contributed by atoms with E-state index in [2.05, 4.69) is 5.32 Å². The molecule has 0 spiro atoms. The molecule has 0 aliphatic heterocycles. The normalized spacial score (nSPS) is 11.7. The van der Waals surface area contributed by atoms with E-state index in [1.165, 1.54) is 15.3 Å². The van der Waals surface area contributed by atoms with Crippen LogP contribution in [0.5, 0.6) is 17.4 Å². The lowest BCUT2D eigenvalue weighted by atomic mass is 10.2. The summed E-state index contributed by atoms with van der Waals surface area (Å²) in [6, 6.07) is 15.9. The number of imidazole rings is 1. The molecule has 0 amide bonds. The van der Waals surface area contributed by atoms with E-state index in [9.17, 15) is 15.0 Å². The zero-order chi connectivity index (χ0) is 22.9. The fraction of sp³-hybridized carbons (Fsp3) is 0.304. The molecule has 2 aromatic carbocycles. The van der Waals surface area contributed by atoms with Crippen molar-refractivity contribution in [3.8, 4) is 29.1 Å². The second-order valence-electron chi connectivity index (χ2n) is 7.00. The lowest BCUT2D eigenvalue weighted by Gasteiger charge is -2.14. The van der Waals surface area contributed by atoms with E-state index in [1.807, 2.05) is 13.0 Å². The van der Waals surface area contributed by atoms with Crippen LogP contribution < -0.4 is 20.5 Å². The maximum absolute atomic E-state index is 12.7. The minimum Gasteiger partial charge on any atom is -0.494 e. The van der Waals surface area contributed by atoms with Crippen LogP contribution in [0.2, 0.25) is 0 Å². The van der Waals surface area contributed by atoms with E-state index in [0.29, 0.717) is 35.9 Å². The van der Waals surface area contributed by atoms with E-state index >= 15 is 0 Å². The maximum Gasteiger partial charge on any atom is 0.335 e. The van der Waals surface area contributed by atoms with E-state index in [4.69, 9.17) is 14.7 Å². The van der Waals surface area contributed by atoms with Crippen LogP contribution in [0.3, 0.4) is 0 Å². The number of aliphatic hydroxyl groups is 1. The van der Waals surface area contributed by atoms with Gasteiger partial charge in [0.1, 0.15) is 30.3 Å². The van der Waals surface area contributed by atoms with Gasteiger partial charge in [0.05, 0.1) is 24.1 Å². The van der Waals surface area contributed by atoms with Crippen LogP contribution in [0, 0.1) is 11.3 Å². The molecule has 1 atom stereocenters. The summed E-state index contributed by atoms with van der Waals surface area (Å²) in [5.41, 5.74) is 0.649. The molecule has 0 aliphatic rings. The molecular formula is C23H26N4O5. The molecule has 3 N–H and O–H groups in total. The number of nitrogens with one attached hydrogen (secondary N) is 1. The number of aliphatic hydroxyl groups excluding tert-OH is 1. The number of aromatic nitrogens is 2. The summed E-state index contributed by atoms with van der Waals surface area (Å²) >= 11 is 0. The highest BCUT2D eigenvalue weighted by molar-refractivity contribution is 5.42. The SMILES string of the molecule is CCOc1ccc(-n2cc(O)n(CCNCC(O)COc3ccccc3C#N)c2=O)cc1. The highest BCUT2D eigenvalue weighted by Gasteiger charge is 2.12. The third kappa shape index (κ3) is 5.69. The molecule has 9 nitrogen and oxygen atoms in total. The molecule has 1 heterocycles. The summed E-state index contributed by atoms with van der Waals surface area (Å²) in [7, 11) is 0. The Morgan fingerprint density at radius 3 is 2.62 bits per heavy atom. The Morgan fingerprint density at radius 2 is 1.91 bits per heavy atom. The predicted molar refractivity (Wildman–Crippen MR) is 118 cm³/mol. The smallest absolute Gasteiger partial charge is 0.335 e. The van der Waals surface area contributed by atoms with Gasteiger partial charge in [0.15, 0.2) is 0 Å². The zero-order valence-corrected chi connectivity index (χ0v) is 17.8. The monoisotopic (exact) mass is 438 g/mol. The largest absolute Gasteiger partial charge is 0.494 e. The van der Waals surface area contributed by atoms with E-state index in [0.717, 1.165) is 0 Å². The molecule has 32 heavy (non-hydrogen) atoms. The molecule has 1 unspecified atom stereocenters. The number of rotatable bonds is 11. The molecular weight excluding hydrogens is 412 g/mol. The second-order valence-corrected chi connectivity index (χ2v) is 7.00. The standard InChI is InChI=1S/C23H26N4O5/c1-2-31-20-9-7-18(8-10-20)27-15-22(29)26(23(27)30)12-11-25-14-19(28)16-32-21-6-4-3-5-17(21)13-24/h3-10,15,19,25,28-29H,2,11-12,14,16H2,1H3. The average molecular weight is 438 g/mol. The van der Waals surface area contributed by atoms with Gasteiger partial charge in [-0.05, 0) is 43.3 Å². The number of aromatic hydroxyl groups is 1. The number of ether oxygens (including phenoxy) is 2. The molecule has 3 aromatic rings. The van der Waals surface area contributed by atoms with Crippen molar-refractivity contribution in [2.75, 3.05) is 26.3 Å². The van der Waals surface area contributed by atoms with Gasteiger partial charge in [-0.3, -0.25) is 9.13 Å². The number of benzene rings is 2. The Bertz CT molecular complexity index is 1110. The van der Waals surface area contributed by atoms with Crippen molar-refractivity contribution in [3.63, 3.8) is 0 Å². The summed E-state index contributed by atoms with van der Waals surface area (Å²) in [4.78, 5) is 12.7. The molecule has 168 valence electrons. The van der Waals surface area contributed by atoms with E-state index in [1.54, 1.807) is 48.5 Å². The van der Waals surface area contributed by atoms with E-state index < -0.39 is 6.10 Å². The number of para-hydroxylation sites is 1. The van der Waals surface area contributed by atoms with Crippen molar-refractivity contribution >= 4 is 0 Å². The van der Waals surface area contributed by atoms with Gasteiger partial charge in [0.25, 0.3) is 0 Å². The molecule has 3 rings (SSSR count). The van der Waals surface area contributed by atoms with Gasteiger partial charge < -0.3 is 25.0 Å². The van der Waals surface area contributed by atoms with Crippen molar-refractivity contribution < 1.29 is 19.7 Å². The minimum atomic E-state index is -0.805. The lowest BCUT2D eigenvalue weighted by Crippen LogP contribution is -2.34. The molecule has 0 bridgehead atoms. The molecule has 0 saturated heterocycles. The quantitative estimate of drug-likeness (QED) is 0.389. The fourth-order valence-corrected chi connectivity index (χ4v) is 3.12. The first-order chi connectivity index (χ1) is 15.5. The van der Waals surface area contributed by atoms with Gasteiger partial charge in [0, 0.05) is 19.6 Å². The molecule has 0 radical (unpaired) electrons. The average Bonchev–Trinajstić information content (AvgIpc) is 3.09. The van der Waals surface area contributed by atoms with Crippen LogP contribution in [0.4, 0.5) is 0 Å². The first-order valence-corrected chi connectivity index (χ1v) is 10.3. The first-order valence-electron chi connectivity index (χ1n) is 10.3. The van der Waals surface area contributed by atoms with Crippen molar-refractivity contribution in [2.45, 2.75) is 19.6 Å². The summed E-state index contributed by atoms with van der Waals surface area (Å²) in [5, 5.41) is 32.4. The second kappa shape index (κ2) is 11.0. The van der Waals surface area contributed by atoms with Crippen LogP contribution >= 0.6 is 0 Å². The summed E-state index contributed by atoms with van der Waals surface area (Å²) in [6.07, 6.45) is 0.563. The summed E-state index contributed by atoms with van der Waals surface area (Å²) < 4.78 is 13.5. The van der Waals surface area contributed by atoms with Crippen LogP contribution in [0.25, 0.3) is 5.69 Å². The third-order valence-corrected chi connectivity index (χ3v) is 4.71.